The summed E-state index contributed by atoms with van der Waals surface area (Å²) in [5, 5.41) is 0. The molecule has 0 radical (unpaired) electrons. The molecule has 1 aliphatic carbocycles. The van der Waals surface area contributed by atoms with Gasteiger partial charge in [0.1, 0.15) is 5.78 Å². The van der Waals surface area contributed by atoms with Crippen molar-refractivity contribution in [2.24, 2.45) is 5.92 Å². The molecule has 0 atom stereocenters. The Hall–Kier alpha value is -1.11. The molecule has 14 heavy (non-hydrogen) atoms. The normalized spacial score (nSPS) is 25.5. The van der Waals surface area contributed by atoms with Crippen LogP contribution in [0.25, 0.3) is 0 Å². The molecule has 0 N–H and O–H groups in total. The summed E-state index contributed by atoms with van der Waals surface area (Å²) in [6.07, 6.45) is 2.83. The van der Waals surface area contributed by atoms with E-state index in [9.17, 15) is 4.79 Å². The van der Waals surface area contributed by atoms with Crippen LogP contribution in [0.4, 0.5) is 0 Å². The second-order valence-corrected chi connectivity index (χ2v) is 4.10. The van der Waals surface area contributed by atoms with Crippen LogP contribution < -0.4 is 0 Å². The first-order chi connectivity index (χ1) is 6.81. The van der Waals surface area contributed by atoms with E-state index >= 15 is 0 Å². The third-order valence-corrected chi connectivity index (χ3v) is 3.21. The summed E-state index contributed by atoms with van der Waals surface area (Å²) in [7, 11) is 0. The summed E-state index contributed by atoms with van der Waals surface area (Å²) < 4.78 is 0. The number of carbonyl (C=O) groups is 1. The Balaban J connectivity index is 1.92. The van der Waals surface area contributed by atoms with Crippen molar-refractivity contribution in [3.8, 4) is 0 Å². The molecule has 1 nitrogen and oxygen atoms in total. The molecule has 1 heteroatoms. The van der Waals surface area contributed by atoms with E-state index in [-0.39, 0.29) is 0 Å². The van der Waals surface area contributed by atoms with Crippen LogP contribution in [0.3, 0.4) is 0 Å². The van der Waals surface area contributed by atoms with Crippen molar-refractivity contribution in [2.75, 3.05) is 0 Å². The standard InChI is InChI=1S/C13H16O/c1-2-13(14)12-8-11(9-12)10-6-4-3-5-7-10/h3-7,11-12H,2,8-9H2,1H3. The van der Waals surface area contributed by atoms with Gasteiger partial charge in [-0.1, -0.05) is 37.3 Å². The molecule has 74 valence electrons. The maximum atomic E-state index is 11.4. The minimum absolute atomic E-state index is 0.352. The van der Waals surface area contributed by atoms with Gasteiger partial charge in [0.05, 0.1) is 0 Å². The van der Waals surface area contributed by atoms with Crippen molar-refractivity contribution in [1.82, 2.24) is 0 Å². The number of carbonyl (C=O) groups excluding carboxylic acids is 1. The van der Waals surface area contributed by atoms with Crippen LogP contribution in [0.1, 0.15) is 37.7 Å². The van der Waals surface area contributed by atoms with Gasteiger partial charge in [0.15, 0.2) is 0 Å². The number of ketones is 1. The maximum absolute atomic E-state index is 11.4. The molecule has 1 saturated carbocycles. The zero-order chi connectivity index (χ0) is 9.97. The molecule has 0 bridgehead atoms. The summed E-state index contributed by atoms with van der Waals surface area (Å²) in [5.74, 6) is 1.43. The van der Waals surface area contributed by atoms with E-state index in [4.69, 9.17) is 0 Å². The van der Waals surface area contributed by atoms with E-state index < -0.39 is 0 Å². The minimum Gasteiger partial charge on any atom is -0.299 e. The topological polar surface area (TPSA) is 17.1 Å². The smallest absolute Gasteiger partial charge is 0.135 e. The molecule has 0 aromatic heterocycles. The summed E-state index contributed by atoms with van der Waals surface area (Å²) in [5.41, 5.74) is 1.40. The Morgan fingerprint density at radius 2 is 1.93 bits per heavy atom. The zero-order valence-electron chi connectivity index (χ0n) is 8.57. The summed E-state index contributed by atoms with van der Waals surface area (Å²) in [4.78, 5) is 11.4. The number of Topliss-reactive ketones (excluding diaryl/α,β-unsaturated/α-hetero) is 1. The van der Waals surface area contributed by atoms with Crippen LogP contribution in [0, 0.1) is 5.92 Å². The fourth-order valence-electron chi connectivity index (χ4n) is 2.17. The van der Waals surface area contributed by atoms with Crippen molar-refractivity contribution in [1.29, 1.82) is 0 Å². The highest BCUT2D eigenvalue weighted by Crippen LogP contribution is 2.42. The molecule has 0 heterocycles. The van der Waals surface area contributed by atoms with Gasteiger partial charge < -0.3 is 0 Å². The molecule has 0 spiro atoms. The summed E-state index contributed by atoms with van der Waals surface area (Å²) in [6, 6.07) is 10.5. The summed E-state index contributed by atoms with van der Waals surface area (Å²) in [6.45, 7) is 1.96. The highest BCUT2D eigenvalue weighted by atomic mass is 16.1. The first kappa shape index (κ1) is 9.45. The van der Waals surface area contributed by atoms with Crippen LogP contribution in [0.5, 0.6) is 0 Å². The van der Waals surface area contributed by atoms with Crippen molar-refractivity contribution < 1.29 is 4.79 Å². The van der Waals surface area contributed by atoms with Crippen molar-refractivity contribution in [3.63, 3.8) is 0 Å². The first-order valence-electron chi connectivity index (χ1n) is 5.39. The molecule has 0 aliphatic heterocycles. The average molecular weight is 188 g/mol. The number of benzene rings is 1. The van der Waals surface area contributed by atoms with Gasteiger partial charge in [-0.3, -0.25) is 4.79 Å². The van der Waals surface area contributed by atoms with Crippen LogP contribution in [0.2, 0.25) is 0 Å². The number of hydrogen-bond acceptors (Lipinski definition) is 1. The lowest BCUT2D eigenvalue weighted by Crippen LogP contribution is -2.28. The predicted molar refractivity (Wildman–Crippen MR) is 57.2 cm³/mol. The molecule has 1 aromatic carbocycles. The first-order valence-corrected chi connectivity index (χ1v) is 5.39. The fraction of sp³-hybridized carbons (Fsp3) is 0.462. The Morgan fingerprint density at radius 1 is 1.29 bits per heavy atom. The number of hydrogen-bond donors (Lipinski definition) is 0. The molecule has 0 amide bonds. The molecule has 2 rings (SSSR count). The average Bonchev–Trinajstić information content (AvgIpc) is 2.17. The van der Waals surface area contributed by atoms with E-state index in [2.05, 4.69) is 24.3 Å². The lowest BCUT2D eigenvalue weighted by molar-refractivity contribution is -0.125. The predicted octanol–water partition coefficient (Wildman–Crippen LogP) is 3.16. The molecule has 0 unspecified atom stereocenters. The van der Waals surface area contributed by atoms with Gasteiger partial charge in [0, 0.05) is 12.3 Å². The van der Waals surface area contributed by atoms with Gasteiger partial charge in [-0.25, -0.2) is 0 Å². The van der Waals surface area contributed by atoms with Gasteiger partial charge in [-0.2, -0.15) is 0 Å². The lowest BCUT2D eigenvalue weighted by atomic mass is 9.69. The number of rotatable bonds is 3. The molecule has 1 aliphatic rings. The van der Waals surface area contributed by atoms with E-state index in [0.29, 0.717) is 24.0 Å². The van der Waals surface area contributed by atoms with Gasteiger partial charge in [-0.15, -0.1) is 0 Å². The monoisotopic (exact) mass is 188 g/mol. The highest BCUT2D eigenvalue weighted by molar-refractivity contribution is 5.81. The SMILES string of the molecule is CCC(=O)C1CC(c2ccccc2)C1. The van der Waals surface area contributed by atoms with Crippen molar-refractivity contribution >= 4 is 5.78 Å². The third-order valence-electron chi connectivity index (χ3n) is 3.21. The largest absolute Gasteiger partial charge is 0.299 e. The minimum atomic E-state index is 0.352. The Bertz CT molecular complexity index is 309. The quantitative estimate of drug-likeness (QED) is 0.712. The summed E-state index contributed by atoms with van der Waals surface area (Å²) >= 11 is 0. The Kier molecular flexibility index (Phi) is 2.67. The highest BCUT2D eigenvalue weighted by Gasteiger charge is 2.33. The maximum Gasteiger partial charge on any atom is 0.135 e. The van der Waals surface area contributed by atoms with E-state index in [1.165, 1.54) is 5.56 Å². The van der Waals surface area contributed by atoms with Crippen molar-refractivity contribution in [3.05, 3.63) is 35.9 Å². The lowest BCUT2D eigenvalue weighted by Gasteiger charge is -2.34. The van der Waals surface area contributed by atoms with Gasteiger partial charge >= 0.3 is 0 Å². The molecule has 1 fully saturated rings. The van der Waals surface area contributed by atoms with Crippen LogP contribution in [-0.2, 0) is 4.79 Å². The van der Waals surface area contributed by atoms with Crippen LogP contribution >= 0.6 is 0 Å². The molecule has 1 aromatic rings. The second kappa shape index (κ2) is 3.95. The zero-order valence-corrected chi connectivity index (χ0v) is 8.57. The van der Waals surface area contributed by atoms with E-state index in [1.54, 1.807) is 0 Å². The van der Waals surface area contributed by atoms with Crippen molar-refractivity contribution in [2.45, 2.75) is 32.1 Å². The molecular weight excluding hydrogens is 172 g/mol. The van der Waals surface area contributed by atoms with Crippen LogP contribution in [0.15, 0.2) is 30.3 Å². The Morgan fingerprint density at radius 3 is 2.50 bits per heavy atom. The Labute approximate surface area is 85.1 Å². The molecule has 0 saturated heterocycles. The second-order valence-electron chi connectivity index (χ2n) is 4.10. The van der Waals surface area contributed by atoms with Gasteiger partial charge in [0.25, 0.3) is 0 Å². The van der Waals surface area contributed by atoms with Gasteiger partial charge in [-0.05, 0) is 24.3 Å². The van der Waals surface area contributed by atoms with E-state index in [1.807, 2.05) is 13.0 Å². The third kappa shape index (κ3) is 1.72. The van der Waals surface area contributed by atoms with E-state index in [0.717, 1.165) is 12.8 Å². The van der Waals surface area contributed by atoms with Crippen LogP contribution in [-0.4, -0.2) is 5.78 Å². The molecular formula is C13H16O. The fourth-order valence-corrected chi connectivity index (χ4v) is 2.17. The van der Waals surface area contributed by atoms with Gasteiger partial charge in [0.2, 0.25) is 0 Å².